The van der Waals surface area contributed by atoms with E-state index in [1.54, 1.807) is 7.05 Å². The predicted octanol–water partition coefficient (Wildman–Crippen LogP) is 1.36. The third kappa shape index (κ3) is 3.03. The lowest BCUT2D eigenvalue weighted by Crippen LogP contribution is -2.25. The molecular weight excluding hydrogens is 258 g/mol. The second-order valence-electron chi connectivity index (χ2n) is 4.54. The molecule has 1 heterocycles. The lowest BCUT2D eigenvalue weighted by Gasteiger charge is -2.04. The molecule has 0 saturated carbocycles. The fourth-order valence-electron chi connectivity index (χ4n) is 1.78. The molecule has 0 radical (unpaired) electrons. The zero-order chi connectivity index (χ0) is 14.7. The van der Waals surface area contributed by atoms with Gasteiger partial charge in [0.1, 0.15) is 5.56 Å². The first kappa shape index (κ1) is 13.8. The van der Waals surface area contributed by atoms with Gasteiger partial charge in [0.15, 0.2) is 5.69 Å². The van der Waals surface area contributed by atoms with Gasteiger partial charge in [-0.3, -0.25) is 9.48 Å². The minimum atomic E-state index is -1.17. The molecule has 0 aliphatic rings. The molecule has 0 aliphatic heterocycles. The maximum Gasteiger partial charge on any atom is 0.339 e. The molecule has 20 heavy (non-hydrogen) atoms. The topological polar surface area (TPSA) is 84.2 Å². The van der Waals surface area contributed by atoms with Gasteiger partial charge in [-0.2, -0.15) is 5.10 Å². The van der Waals surface area contributed by atoms with Crippen LogP contribution < -0.4 is 5.32 Å². The van der Waals surface area contributed by atoms with Crippen molar-refractivity contribution in [1.29, 1.82) is 0 Å². The Balaban J connectivity index is 2.09. The quantitative estimate of drug-likeness (QED) is 0.880. The fraction of sp³-hybridized carbons (Fsp3) is 0.214. The van der Waals surface area contributed by atoms with E-state index in [4.69, 9.17) is 5.11 Å². The average molecular weight is 273 g/mol. The summed E-state index contributed by atoms with van der Waals surface area (Å²) in [5.41, 5.74) is 1.90. The first-order valence-corrected chi connectivity index (χ1v) is 6.08. The number of benzene rings is 1. The molecule has 2 rings (SSSR count). The Kier molecular flexibility index (Phi) is 3.84. The van der Waals surface area contributed by atoms with Gasteiger partial charge in [-0.05, 0) is 12.5 Å². The number of nitrogens with zero attached hydrogens (tertiary/aromatic N) is 2. The zero-order valence-electron chi connectivity index (χ0n) is 11.3. The highest BCUT2D eigenvalue weighted by Gasteiger charge is 2.20. The first-order valence-electron chi connectivity index (χ1n) is 6.08. The van der Waals surface area contributed by atoms with E-state index in [-0.39, 0.29) is 11.3 Å². The van der Waals surface area contributed by atoms with E-state index in [1.807, 2.05) is 31.2 Å². The Bertz CT molecular complexity index is 644. The maximum atomic E-state index is 12.0. The van der Waals surface area contributed by atoms with Crippen LogP contribution >= 0.6 is 0 Å². The van der Waals surface area contributed by atoms with Crippen LogP contribution in [0.4, 0.5) is 0 Å². The van der Waals surface area contributed by atoms with Gasteiger partial charge in [-0.15, -0.1) is 0 Å². The predicted molar refractivity (Wildman–Crippen MR) is 72.5 cm³/mol. The third-order valence-corrected chi connectivity index (χ3v) is 2.85. The van der Waals surface area contributed by atoms with Crippen molar-refractivity contribution in [3.63, 3.8) is 0 Å². The monoisotopic (exact) mass is 273 g/mol. The van der Waals surface area contributed by atoms with Gasteiger partial charge in [0, 0.05) is 19.8 Å². The van der Waals surface area contributed by atoms with Gasteiger partial charge >= 0.3 is 5.97 Å². The molecule has 1 aromatic heterocycles. The van der Waals surface area contributed by atoms with Gasteiger partial charge in [0.25, 0.3) is 5.91 Å². The number of aromatic nitrogens is 2. The summed E-state index contributed by atoms with van der Waals surface area (Å²) in [7, 11) is 1.57. The number of aromatic carboxylic acids is 1. The minimum Gasteiger partial charge on any atom is -0.478 e. The fourth-order valence-corrected chi connectivity index (χ4v) is 1.78. The number of carbonyl (C=O) groups is 2. The van der Waals surface area contributed by atoms with Gasteiger partial charge in [-0.1, -0.05) is 29.8 Å². The smallest absolute Gasteiger partial charge is 0.339 e. The van der Waals surface area contributed by atoms with Crippen LogP contribution in [0.15, 0.2) is 30.5 Å². The number of hydrogen-bond acceptors (Lipinski definition) is 3. The van der Waals surface area contributed by atoms with Crippen LogP contribution in [-0.4, -0.2) is 26.8 Å². The summed E-state index contributed by atoms with van der Waals surface area (Å²) in [5, 5.41) is 15.6. The summed E-state index contributed by atoms with van der Waals surface area (Å²) < 4.78 is 1.31. The standard InChI is InChI=1S/C14H15N3O3/c1-9-3-5-10(6-4-9)7-15-13(18)12-11(14(19)20)8-17(2)16-12/h3-6,8H,7H2,1-2H3,(H,15,18)(H,19,20). The summed E-state index contributed by atoms with van der Waals surface area (Å²) in [4.78, 5) is 23.0. The lowest BCUT2D eigenvalue weighted by atomic mass is 10.1. The molecule has 0 spiro atoms. The normalized spacial score (nSPS) is 10.3. The van der Waals surface area contributed by atoms with Crippen LogP contribution in [0.5, 0.6) is 0 Å². The molecule has 2 aromatic rings. The van der Waals surface area contributed by atoms with E-state index < -0.39 is 11.9 Å². The van der Waals surface area contributed by atoms with E-state index in [9.17, 15) is 9.59 Å². The molecule has 1 aromatic carbocycles. The summed E-state index contributed by atoms with van der Waals surface area (Å²) in [6, 6.07) is 7.72. The van der Waals surface area contributed by atoms with Crippen LogP contribution in [0.3, 0.4) is 0 Å². The van der Waals surface area contributed by atoms with E-state index >= 15 is 0 Å². The van der Waals surface area contributed by atoms with Crippen molar-refractivity contribution in [2.75, 3.05) is 0 Å². The molecule has 2 N–H and O–H groups in total. The Morgan fingerprint density at radius 1 is 1.30 bits per heavy atom. The number of rotatable bonds is 4. The van der Waals surface area contributed by atoms with Crippen LogP contribution in [0.1, 0.15) is 32.0 Å². The van der Waals surface area contributed by atoms with Crippen LogP contribution in [-0.2, 0) is 13.6 Å². The molecule has 0 bridgehead atoms. The molecule has 0 saturated heterocycles. The number of hydrogen-bond donors (Lipinski definition) is 2. The second-order valence-corrected chi connectivity index (χ2v) is 4.54. The summed E-state index contributed by atoms with van der Waals surface area (Å²) >= 11 is 0. The summed E-state index contributed by atoms with van der Waals surface area (Å²) in [5.74, 6) is -1.66. The Hall–Kier alpha value is -2.63. The third-order valence-electron chi connectivity index (χ3n) is 2.85. The van der Waals surface area contributed by atoms with E-state index in [0.29, 0.717) is 6.54 Å². The maximum absolute atomic E-state index is 12.0. The number of aryl methyl sites for hydroxylation is 2. The van der Waals surface area contributed by atoms with Crippen molar-refractivity contribution in [1.82, 2.24) is 15.1 Å². The van der Waals surface area contributed by atoms with Crippen LogP contribution in [0.25, 0.3) is 0 Å². The van der Waals surface area contributed by atoms with Gasteiger partial charge < -0.3 is 10.4 Å². The van der Waals surface area contributed by atoms with Crippen LogP contribution in [0.2, 0.25) is 0 Å². The highest BCUT2D eigenvalue weighted by atomic mass is 16.4. The van der Waals surface area contributed by atoms with Gasteiger partial charge in [0.05, 0.1) is 0 Å². The number of carbonyl (C=O) groups excluding carboxylic acids is 1. The van der Waals surface area contributed by atoms with Crippen molar-refractivity contribution >= 4 is 11.9 Å². The number of carboxylic acid groups (broad SMARTS) is 1. The number of nitrogens with one attached hydrogen (secondary N) is 1. The lowest BCUT2D eigenvalue weighted by molar-refractivity contribution is 0.0691. The highest BCUT2D eigenvalue weighted by molar-refractivity contribution is 6.03. The molecular formula is C14H15N3O3. The summed E-state index contributed by atoms with van der Waals surface area (Å²) in [6.45, 7) is 2.31. The van der Waals surface area contributed by atoms with Crippen molar-refractivity contribution in [3.8, 4) is 0 Å². The molecule has 0 atom stereocenters. The first-order chi connectivity index (χ1) is 9.47. The van der Waals surface area contributed by atoms with Crippen molar-refractivity contribution in [2.45, 2.75) is 13.5 Å². The Morgan fingerprint density at radius 2 is 1.95 bits per heavy atom. The van der Waals surface area contributed by atoms with Crippen molar-refractivity contribution in [3.05, 3.63) is 52.8 Å². The number of carboxylic acids is 1. The molecule has 0 aliphatic carbocycles. The second kappa shape index (κ2) is 5.56. The van der Waals surface area contributed by atoms with Gasteiger partial charge in [0.2, 0.25) is 0 Å². The Morgan fingerprint density at radius 3 is 2.55 bits per heavy atom. The minimum absolute atomic E-state index is 0.0767. The van der Waals surface area contributed by atoms with E-state index in [1.165, 1.54) is 10.9 Å². The largest absolute Gasteiger partial charge is 0.478 e. The number of amides is 1. The molecule has 6 heteroatoms. The summed E-state index contributed by atoms with van der Waals surface area (Å²) in [6.07, 6.45) is 1.31. The molecule has 0 fully saturated rings. The van der Waals surface area contributed by atoms with Gasteiger partial charge in [-0.25, -0.2) is 4.79 Å². The average Bonchev–Trinajstić information content (AvgIpc) is 2.80. The molecule has 1 amide bonds. The molecule has 0 unspecified atom stereocenters. The van der Waals surface area contributed by atoms with Crippen LogP contribution in [0, 0.1) is 6.92 Å². The molecule has 6 nitrogen and oxygen atoms in total. The SMILES string of the molecule is Cc1ccc(CNC(=O)c2nn(C)cc2C(=O)O)cc1. The van der Waals surface area contributed by atoms with E-state index in [0.717, 1.165) is 11.1 Å². The molecule has 104 valence electrons. The van der Waals surface area contributed by atoms with Crippen molar-refractivity contribution < 1.29 is 14.7 Å². The highest BCUT2D eigenvalue weighted by Crippen LogP contribution is 2.07. The van der Waals surface area contributed by atoms with Crippen molar-refractivity contribution in [2.24, 2.45) is 7.05 Å². The van der Waals surface area contributed by atoms with E-state index in [2.05, 4.69) is 10.4 Å². The zero-order valence-corrected chi connectivity index (χ0v) is 11.3. The Labute approximate surface area is 116 Å².